The van der Waals surface area contributed by atoms with Crippen LogP contribution in [0.25, 0.3) is 5.52 Å². The summed E-state index contributed by atoms with van der Waals surface area (Å²) < 4.78 is 2.05. The van der Waals surface area contributed by atoms with E-state index >= 15 is 0 Å². The van der Waals surface area contributed by atoms with Crippen molar-refractivity contribution in [2.24, 2.45) is 5.73 Å². The summed E-state index contributed by atoms with van der Waals surface area (Å²) >= 11 is 0. The van der Waals surface area contributed by atoms with Crippen LogP contribution in [0.4, 0.5) is 0 Å². The Hall–Kier alpha value is -1.39. The standard InChI is InChI=1S/C13H19N3O/c1-13(2,3)12-15-11(9(14)8-17)10-6-4-5-7-16(10)12/h4-7,9,17H,8,14H2,1-3H3. The fourth-order valence-electron chi connectivity index (χ4n) is 1.95. The summed E-state index contributed by atoms with van der Waals surface area (Å²) in [6.45, 7) is 6.25. The van der Waals surface area contributed by atoms with Gasteiger partial charge in [0, 0.05) is 11.6 Å². The Kier molecular flexibility index (Phi) is 2.93. The van der Waals surface area contributed by atoms with Gasteiger partial charge in [-0.15, -0.1) is 0 Å². The Balaban J connectivity index is 2.71. The molecule has 0 saturated heterocycles. The molecule has 2 rings (SSSR count). The molecule has 92 valence electrons. The van der Waals surface area contributed by atoms with Gasteiger partial charge in [0.15, 0.2) is 0 Å². The normalized spacial score (nSPS) is 14.2. The van der Waals surface area contributed by atoms with E-state index in [0.29, 0.717) is 0 Å². The number of nitrogens with two attached hydrogens (primary N) is 1. The SMILES string of the molecule is CC(C)(C)c1nc(C(N)CO)c2ccccn12. The third kappa shape index (κ3) is 2.06. The van der Waals surface area contributed by atoms with E-state index in [9.17, 15) is 5.11 Å². The maximum Gasteiger partial charge on any atom is 0.119 e. The van der Waals surface area contributed by atoms with Crippen molar-refractivity contribution < 1.29 is 5.11 Å². The summed E-state index contributed by atoms with van der Waals surface area (Å²) in [5, 5.41) is 9.19. The number of aromatic nitrogens is 2. The van der Waals surface area contributed by atoms with E-state index in [1.54, 1.807) is 0 Å². The first-order valence-corrected chi connectivity index (χ1v) is 5.79. The monoisotopic (exact) mass is 233 g/mol. The summed E-state index contributed by atoms with van der Waals surface area (Å²) in [5.41, 5.74) is 7.57. The van der Waals surface area contributed by atoms with Crippen molar-refractivity contribution >= 4 is 5.52 Å². The van der Waals surface area contributed by atoms with Crippen LogP contribution in [-0.4, -0.2) is 21.1 Å². The molecular weight excluding hydrogens is 214 g/mol. The van der Waals surface area contributed by atoms with Gasteiger partial charge in [0.25, 0.3) is 0 Å². The summed E-state index contributed by atoms with van der Waals surface area (Å²) in [5.74, 6) is 0.965. The van der Waals surface area contributed by atoms with Crippen LogP contribution in [0.3, 0.4) is 0 Å². The number of nitrogens with zero attached hydrogens (tertiary/aromatic N) is 2. The first-order chi connectivity index (χ1) is 7.95. The molecule has 0 fully saturated rings. The van der Waals surface area contributed by atoms with Crippen LogP contribution in [0.2, 0.25) is 0 Å². The van der Waals surface area contributed by atoms with Gasteiger partial charge < -0.3 is 15.2 Å². The topological polar surface area (TPSA) is 63.5 Å². The number of imidazole rings is 1. The van der Waals surface area contributed by atoms with Crippen LogP contribution in [-0.2, 0) is 5.41 Å². The van der Waals surface area contributed by atoms with E-state index in [4.69, 9.17) is 5.73 Å². The van der Waals surface area contributed by atoms with Crippen LogP contribution in [0.1, 0.15) is 38.3 Å². The molecule has 0 radical (unpaired) electrons. The second-order valence-electron chi connectivity index (χ2n) is 5.32. The molecule has 4 nitrogen and oxygen atoms in total. The van der Waals surface area contributed by atoms with Crippen LogP contribution in [0.5, 0.6) is 0 Å². The van der Waals surface area contributed by atoms with E-state index in [1.165, 1.54) is 0 Å². The van der Waals surface area contributed by atoms with Crippen molar-refractivity contribution in [3.8, 4) is 0 Å². The van der Waals surface area contributed by atoms with Gasteiger partial charge in [0.2, 0.25) is 0 Å². The lowest BCUT2D eigenvalue weighted by atomic mass is 9.96. The molecule has 4 heteroatoms. The second kappa shape index (κ2) is 4.13. The highest BCUT2D eigenvalue weighted by Gasteiger charge is 2.24. The molecule has 1 atom stereocenters. The minimum atomic E-state index is -0.427. The number of aliphatic hydroxyl groups excluding tert-OH is 1. The molecule has 0 saturated carbocycles. The minimum Gasteiger partial charge on any atom is -0.394 e. The smallest absolute Gasteiger partial charge is 0.119 e. The fraction of sp³-hybridized carbons (Fsp3) is 0.462. The molecule has 0 bridgehead atoms. The lowest BCUT2D eigenvalue weighted by Crippen LogP contribution is -2.17. The fourth-order valence-corrected chi connectivity index (χ4v) is 1.95. The van der Waals surface area contributed by atoms with Crippen LogP contribution >= 0.6 is 0 Å². The zero-order valence-corrected chi connectivity index (χ0v) is 10.5. The van der Waals surface area contributed by atoms with Gasteiger partial charge in [0.1, 0.15) is 5.82 Å². The molecule has 0 amide bonds. The molecule has 17 heavy (non-hydrogen) atoms. The predicted molar refractivity (Wildman–Crippen MR) is 67.9 cm³/mol. The molecule has 2 heterocycles. The number of hydrogen-bond acceptors (Lipinski definition) is 3. The van der Waals surface area contributed by atoms with Crippen molar-refractivity contribution in [2.45, 2.75) is 32.2 Å². The van der Waals surface area contributed by atoms with Gasteiger partial charge in [-0.1, -0.05) is 26.8 Å². The van der Waals surface area contributed by atoms with Crippen LogP contribution in [0, 0.1) is 0 Å². The molecule has 2 aromatic rings. The molecule has 0 aliphatic carbocycles. The van der Waals surface area contributed by atoms with Crippen molar-refractivity contribution in [3.05, 3.63) is 35.9 Å². The molecule has 0 aromatic carbocycles. The first kappa shape index (κ1) is 12.1. The van der Waals surface area contributed by atoms with Gasteiger partial charge in [-0.25, -0.2) is 4.98 Å². The first-order valence-electron chi connectivity index (χ1n) is 5.79. The highest BCUT2D eigenvalue weighted by atomic mass is 16.3. The van der Waals surface area contributed by atoms with Crippen molar-refractivity contribution in [3.63, 3.8) is 0 Å². The number of fused-ring (bicyclic) bond motifs is 1. The van der Waals surface area contributed by atoms with E-state index in [1.807, 2.05) is 28.8 Å². The Morgan fingerprint density at radius 3 is 2.71 bits per heavy atom. The Morgan fingerprint density at radius 2 is 2.12 bits per heavy atom. The summed E-state index contributed by atoms with van der Waals surface area (Å²) in [6.07, 6.45) is 1.98. The zero-order chi connectivity index (χ0) is 12.6. The zero-order valence-electron chi connectivity index (χ0n) is 10.5. The van der Waals surface area contributed by atoms with Gasteiger partial charge in [-0.05, 0) is 12.1 Å². The summed E-state index contributed by atoms with van der Waals surface area (Å²) in [7, 11) is 0. The Morgan fingerprint density at radius 1 is 1.41 bits per heavy atom. The van der Waals surface area contributed by atoms with Crippen LogP contribution < -0.4 is 5.73 Å². The minimum absolute atomic E-state index is 0.0578. The Bertz CT molecular complexity index is 525. The third-order valence-corrected chi connectivity index (χ3v) is 2.80. The van der Waals surface area contributed by atoms with Gasteiger partial charge in [-0.2, -0.15) is 0 Å². The molecule has 1 unspecified atom stereocenters. The number of hydrogen-bond donors (Lipinski definition) is 2. The number of pyridine rings is 1. The van der Waals surface area contributed by atoms with Crippen LogP contribution in [0.15, 0.2) is 24.4 Å². The van der Waals surface area contributed by atoms with Gasteiger partial charge in [0.05, 0.1) is 23.9 Å². The third-order valence-electron chi connectivity index (χ3n) is 2.80. The van der Waals surface area contributed by atoms with E-state index in [0.717, 1.165) is 17.0 Å². The maximum atomic E-state index is 9.19. The molecule has 0 spiro atoms. The highest BCUT2D eigenvalue weighted by Crippen LogP contribution is 2.26. The van der Waals surface area contributed by atoms with Crippen molar-refractivity contribution in [1.29, 1.82) is 0 Å². The van der Waals surface area contributed by atoms with Gasteiger partial charge >= 0.3 is 0 Å². The highest BCUT2D eigenvalue weighted by molar-refractivity contribution is 5.55. The lowest BCUT2D eigenvalue weighted by molar-refractivity contribution is 0.266. The van der Waals surface area contributed by atoms with Crippen molar-refractivity contribution in [2.75, 3.05) is 6.61 Å². The van der Waals surface area contributed by atoms with E-state index in [2.05, 4.69) is 25.8 Å². The summed E-state index contributed by atoms with van der Waals surface area (Å²) in [4.78, 5) is 4.61. The average Bonchev–Trinajstić information content (AvgIpc) is 2.67. The molecule has 3 N–H and O–H groups in total. The number of aliphatic hydroxyl groups is 1. The molecule has 2 aromatic heterocycles. The average molecular weight is 233 g/mol. The molecule has 0 aliphatic rings. The summed E-state index contributed by atoms with van der Waals surface area (Å²) in [6, 6.07) is 5.48. The molecular formula is C13H19N3O. The molecule has 0 aliphatic heterocycles. The lowest BCUT2D eigenvalue weighted by Gasteiger charge is -2.16. The maximum absolute atomic E-state index is 9.19. The van der Waals surface area contributed by atoms with Crippen molar-refractivity contribution in [1.82, 2.24) is 9.38 Å². The Labute approximate surface area is 101 Å². The largest absolute Gasteiger partial charge is 0.394 e. The van der Waals surface area contributed by atoms with Gasteiger partial charge in [-0.3, -0.25) is 0 Å². The number of rotatable bonds is 2. The predicted octanol–water partition coefficient (Wildman–Crippen LogP) is 1.62. The van der Waals surface area contributed by atoms with E-state index < -0.39 is 6.04 Å². The van der Waals surface area contributed by atoms with E-state index in [-0.39, 0.29) is 12.0 Å². The quantitative estimate of drug-likeness (QED) is 0.828. The second-order valence-corrected chi connectivity index (χ2v) is 5.32.